The number of ether oxygens (including phenoxy) is 1. The van der Waals surface area contributed by atoms with Gasteiger partial charge in [0.05, 0.1) is 11.7 Å². The van der Waals surface area contributed by atoms with Gasteiger partial charge < -0.3 is 15.2 Å². The maximum atomic E-state index is 12.3. The molecule has 3 rings (SSSR count). The summed E-state index contributed by atoms with van der Waals surface area (Å²) in [5, 5.41) is 11.8. The van der Waals surface area contributed by atoms with Crippen molar-refractivity contribution in [3.05, 3.63) is 29.6 Å². The fourth-order valence-corrected chi connectivity index (χ4v) is 3.50. The molecule has 1 saturated carbocycles. The van der Waals surface area contributed by atoms with Crippen LogP contribution in [-0.2, 0) is 4.74 Å². The average Bonchev–Trinajstić information content (AvgIpc) is 2.91. The summed E-state index contributed by atoms with van der Waals surface area (Å²) < 4.78 is 5.70. The molecule has 3 unspecified atom stereocenters. The average molecular weight is 290 g/mol. The van der Waals surface area contributed by atoms with E-state index in [1.54, 1.807) is 0 Å². The van der Waals surface area contributed by atoms with Crippen LogP contribution in [0.4, 0.5) is 0 Å². The highest BCUT2D eigenvalue weighted by Crippen LogP contribution is 2.52. The van der Waals surface area contributed by atoms with Crippen LogP contribution < -0.4 is 5.32 Å². The number of carbonyl (C=O) groups is 2. The third-order valence-electron chi connectivity index (χ3n) is 4.63. The Hall–Kier alpha value is -1.95. The van der Waals surface area contributed by atoms with Crippen molar-refractivity contribution in [3.63, 3.8) is 0 Å². The third kappa shape index (κ3) is 2.19. The van der Waals surface area contributed by atoms with E-state index in [9.17, 15) is 9.59 Å². The number of carbonyl (C=O) groups excluding carboxylic acids is 1. The number of aromatic carboxylic acids is 1. The largest absolute Gasteiger partial charge is 0.477 e. The van der Waals surface area contributed by atoms with Crippen molar-refractivity contribution in [1.82, 2.24) is 10.3 Å². The van der Waals surface area contributed by atoms with E-state index in [0.717, 1.165) is 13.0 Å². The second-order valence-corrected chi connectivity index (χ2v) is 6.25. The highest BCUT2D eigenvalue weighted by molar-refractivity contribution is 5.95. The van der Waals surface area contributed by atoms with E-state index >= 15 is 0 Å². The molecule has 6 heteroatoms. The molecule has 0 bridgehead atoms. The maximum Gasteiger partial charge on any atom is 0.354 e. The number of rotatable bonds is 3. The van der Waals surface area contributed by atoms with E-state index in [2.05, 4.69) is 24.1 Å². The Balaban J connectivity index is 1.70. The predicted octanol–water partition coefficient (Wildman–Crippen LogP) is 1.32. The Morgan fingerprint density at radius 1 is 1.43 bits per heavy atom. The summed E-state index contributed by atoms with van der Waals surface area (Å²) in [7, 11) is 0. The lowest BCUT2D eigenvalue weighted by Gasteiger charge is -2.54. The number of fused-ring (bicyclic) bond motifs is 1. The maximum absolute atomic E-state index is 12.3. The lowest BCUT2D eigenvalue weighted by atomic mass is 9.57. The van der Waals surface area contributed by atoms with Crippen molar-refractivity contribution >= 4 is 11.9 Å². The fraction of sp³-hybridized carbons (Fsp3) is 0.533. The Kier molecular flexibility index (Phi) is 3.20. The van der Waals surface area contributed by atoms with Gasteiger partial charge in [0.25, 0.3) is 5.91 Å². The first-order valence-corrected chi connectivity index (χ1v) is 7.03. The molecule has 2 aliphatic rings. The van der Waals surface area contributed by atoms with Crippen LogP contribution in [0.2, 0.25) is 0 Å². The van der Waals surface area contributed by atoms with Gasteiger partial charge in [-0.15, -0.1) is 0 Å². The molecular formula is C15H18N2O4. The van der Waals surface area contributed by atoms with Gasteiger partial charge in [0.1, 0.15) is 5.69 Å². The molecule has 1 aromatic heterocycles. The smallest absolute Gasteiger partial charge is 0.354 e. The first-order valence-electron chi connectivity index (χ1n) is 7.03. The van der Waals surface area contributed by atoms with Crippen molar-refractivity contribution in [1.29, 1.82) is 0 Å². The zero-order valence-corrected chi connectivity index (χ0v) is 12.0. The Morgan fingerprint density at radius 3 is 2.81 bits per heavy atom. The zero-order valence-electron chi connectivity index (χ0n) is 12.0. The van der Waals surface area contributed by atoms with Gasteiger partial charge in [-0.1, -0.05) is 13.8 Å². The number of nitrogens with zero attached hydrogens (tertiary/aromatic N) is 1. The van der Waals surface area contributed by atoms with Gasteiger partial charge in [0.15, 0.2) is 0 Å². The molecule has 6 nitrogen and oxygen atoms in total. The third-order valence-corrected chi connectivity index (χ3v) is 4.63. The van der Waals surface area contributed by atoms with Crippen LogP contribution in [0.25, 0.3) is 0 Å². The van der Waals surface area contributed by atoms with Crippen molar-refractivity contribution in [2.24, 2.45) is 11.3 Å². The summed E-state index contributed by atoms with van der Waals surface area (Å²) in [6.45, 7) is 4.94. The van der Waals surface area contributed by atoms with Gasteiger partial charge in [-0.25, -0.2) is 9.78 Å². The zero-order chi connectivity index (χ0) is 15.2. The van der Waals surface area contributed by atoms with E-state index < -0.39 is 5.97 Å². The number of aromatic nitrogens is 1. The topological polar surface area (TPSA) is 88.5 Å². The summed E-state index contributed by atoms with van der Waals surface area (Å²) in [5.41, 5.74) is 0.226. The second kappa shape index (κ2) is 4.80. The number of hydrogen-bond donors (Lipinski definition) is 2. The van der Waals surface area contributed by atoms with Gasteiger partial charge in [0.2, 0.25) is 0 Å². The van der Waals surface area contributed by atoms with E-state index in [4.69, 9.17) is 9.84 Å². The predicted molar refractivity (Wildman–Crippen MR) is 74.1 cm³/mol. The molecule has 21 heavy (non-hydrogen) atoms. The minimum Gasteiger partial charge on any atom is -0.477 e. The second-order valence-electron chi connectivity index (χ2n) is 6.25. The minimum absolute atomic E-state index is 0.0696. The number of nitrogens with one attached hydrogen (secondary N) is 1. The molecule has 1 amide bonds. The van der Waals surface area contributed by atoms with E-state index in [1.807, 2.05) is 0 Å². The highest BCUT2D eigenvalue weighted by atomic mass is 16.5. The standard InChI is InChI=1S/C15H18N2O4/c1-15(2)11(9-5-6-21-12(9)15)17-13(18)8-3-4-10(14(19)20)16-7-8/h3-4,7,9,11-12H,5-6H2,1-2H3,(H,17,18)(H,19,20). The van der Waals surface area contributed by atoms with Crippen LogP contribution in [0.15, 0.2) is 18.3 Å². The van der Waals surface area contributed by atoms with Crippen LogP contribution >= 0.6 is 0 Å². The summed E-state index contributed by atoms with van der Waals surface area (Å²) in [6, 6.07) is 2.90. The Bertz CT molecular complexity index is 582. The van der Waals surface area contributed by atoms with Crippen LogP contribution in [0.3, 0.4) is 0 Å². The SMILES string of the molecule is CC1(C)C(NC(=O)c2ccc(C(=O)O)nc2)C2CCOC21. The molecule has 0 aromatic carbocycles. The lowest BCUT2D eigenvalue weighted by Crippen LogP contribution is -2.66. The molecule has 2 heterocycles. The number of pyridine rings is 1. The molecule has 1 saturated heterocycles. The molecule has 0 spiro atoms. The fourth-order valence-electron chi connectivity index (χ4n) is 3.50. The number of hydrogen-bond acceptors (Lipinski definition) is 4. The molecule has 1 aliphatic heterocycles. The van der Waals surface area contributed by atoms with Crippen molar-refractivity contribution in [2.75, 3.05) is 6.61 Å². The number of amides is 1. The summed E-state index contributed by atoms with van der Waals surface area (Å²) in [6.07, 6.45) is 2.48. The van der Waals surface area contributed by atoms with Crippen LogP contribution in [0.5, 0.6) is 0 Å². The monoisotopic (exact) mass is 290 g/mol. The molecule has 112 valence electrons. The van der Waals surface area contributed by atoms with Crippen LogP contribution in [-0.4, -0.2) is 40.7 Å². The Labute approximate surface area is 122 Å². The lowest BCUT2D eigenvalue weighted by molar-refractivity contribution is -0.108. The quantitative estimate of drug-likeness (QED) is 0.876. The van der Waals surface area contributed by atoms with E-state index in [-0.39, 0.29) is 29.2 Å². The highest BCUT2D eigenvalue weighted by Gasteiger charge is 2.59. The Morgan fingerprint density at radius 2 is 2.19 bits per heavy atom. The van der Waals surface area contributed by atoms with Crippen molar-refractivity contribution in [2.45, 2.75) is 32.4 Å². The molecule has 3 atom stereocenters. The molecule has 0 radical (unpaired) electrons. The van der Waals surface area contributed by atoms with Gasteiger partial charge in [-0.3, -0.25) is 4.79 Å². The molecule has 1 aromatic rings. The van der Waals surface area contributed by atoms with Gasteiger partial charge in [-0.2, -0.15) is 0 Å². The van der Waals surface area contributed by atoms with Gasteiger partial charge >= 0.3 is 5.97 Å². The van der Waals surface area contributed by atoms with E-state index in [0.29, 0.717) is 11.5 Å². The van der Waals surface area contributed by atoms with E-state index in [1.165, 1.54) is 18.3 Å². The summed E-state index contributed by atoms with van der Waals surface area (Å²) in [4.78, 5) is 26.8. The molecular weight excluding hydrogens is 272 g/mol. The summed E-state index contributed by atoms with van der Waals surface area (Å²) in [5.74, 6) is -0.953. The van der Waals surface area contributed by atoms with Crippen LogP contribution in [0, 0.1) is 11.3 Å². The number of carboxylic acid groups (broad SMARTS) is 1. The van der Waals surface area contributed by atoms with Gasteiger partial charge in [-0.05, 0) is 18.6 Å². The molecule has 2 fully saturated rings. The first kappa shape index (κ1) is 14.0. The first-order chi connectivity index (χ1) is 9.91. The van der Waals surface area contributed by atoms with Crippen molar-refractivity contribution in [3.8, 4) is 0 Å². The molecule has 1 aliphatic carbocycles. The van der Waals surface area contributed by atoms with Crippen molar-refractivity contribution < 1.29 is 19.4 Å². The van der Waals surface area contributed by atoms with Crippen LogP contribution in [0.1, 0.15) is 41.1 Å². The normalized spacial score (nSPS) is 29.3. The minimum atomic E-state index is -1.10. The van der Waals surface area contributed by atoms with Gasteiger partial charge in [0, 0.05) is 30.2 Å². The molecule has 2 N–H and O–H groups in total. The summed E-state index contributed by atoms with van der Waals surface area (Å²) >= 11 is 0. The number of carboxylic acids is 1.